The van der Waals surface area contributed by atoms with E-state index < -0.39 is 23.5 Å². The molecule has 1 spiro atoms. The van der Waals surface area contributed by atoms with Crippen molar-refractivity contribution in [3.8, 4) is 0 Å². The molecule has 3 rings (SSSR count). The molecule has 1 aromatic carbocycles. The van der Waals surface area contributed by atoms with Gasteiger partial charge in [0.05, 0.1) is 10.7 Å². The maximum atomic E-state index is 12.7. The predicted molar refractivity (Wildman–Crippen MR) is 91.1 cm³/mol. The molecule has 2 aliphatic rings. The Bertz CT molecular complexity index is 717. The van der Waals surface area contributed by atoms with Crippen molar-refractivity contribution in [2.75, 3.05) is 5.32 Å². The highest BCUT2D eigenvalue weighted by Crippen LogP contribution is 2.36. The largest absolute Gasteiger partial charge is 0.325 e. The number of carbonyl (C=O) groups excluding carboxylic acids is 3. The van der Waals surface area contributed by atoms with E-state index in [1.54, 1.807) is 12.1 Å². The molecule has 1 atom stereocenters. The van der Waals surface area contributed by atoms with Crippen LogP contribution in [0.15, 0.2) is 18.2 Å². The van der Waals surface area contributed by atoms with E-state index in [9.17, 15) is 14.4 Å². The number of benzene rings is 1. The molecule has 1 saturated carbocycles. The van der Waals surface area contributed by atoms with Gasteiger partial charge in [-0.1, -0.05) is 36.0 Å². The fourth-order valence-corrected chi connectivity index (χ4v) is 3.71. The van der Waals surface area contributed by atoms with Crippen LogP contribution in [0.5, 0.6) is 0 Å². The van der Waals surface area contributed by atoms with Crippen LogP contribution in [0, 0.1) is 0 Å². The maximum absolute atomic E-state index is 12.7. The Labute approximate surface area is 149 Å². The van der Waals surface area contributed by atoms with E-state index in [2.05, 4.69) is 10.6 Å². The molecule has 0 bridgehead atoms. The van der Waals surface area contributed by atoms with E-state index in [4.69, 9.17) is 23.2 Å². The summed E-state index contributed by atoms with van der Waals surface area (Å²) in [5.41, 5.74) is -0.454. The number of carbonyl (C=O) groups is 3. The molecular formula is C16H17Cl2N3O3. The van der Waals surface area contributed by atoms with Gasteiger partial charge < -0.3 is 10.6 Å². The van der Waals surface area contributed by atoms with Gasteiger partial charge in [0.2, 0.25) is 5.91 Å². The standard InChI is InChI=1S/C16H17Cl2N3O3/c1-9(13(22)19-12-5-4-10(17)8-11(12)18)21-14(23)16(20-15(21)24)6-2-3-7-16/h4-5,8-9H,2-3,6-7H2,1H3,(H,19,22)(H,20,24)/t9-/m0/s1. The Balaban J connectivity index is 1.76. The third kappa shape index (κ3) is 2.84. The van der Waals surface area contributed by atoms with Crippen molar-refractivity contribution >= 4 is 46.7 Å². The molecule has 1 aliphatic carbocycles. The van der Waals surface area contributed by atoms with Crippen LogP contribution in [0.25, 0.3) is 0 Å². The minimum Gasteiger partial charge on any atom is -0.323 e. The minimum atomic E-state index is -0.941. The number of amides is 4. The summed E-state index contributed by atoms with van der Waals surface area (Å²) in [5.74, 6) is -0.812. The van der Waals surface area contributed by atoms with Crippen LogP contribution in [0.2, 0.25) is 10.0 Å². The summed E-state index contributed by atoms with van der Waals surface area (Å²) < 4.78 is 0. The average molecular weight is 370 g/mol. The zero-order valence-electron chi connectivity index (χ0n) is 13.1. The number of anilines is 1. The predicted octanol–water partition coefficient (Wildman–Crippen LogP) is 3.19. The SMILES string of the molecule is C[C@@H](C(=O)Nc1ccc(Cl)cc1Cl)N1C(=O)NC2(CCCC2)C1=O. The third-order valence-corrected chi connectivity index (χ3v) is 5.15. The van der Waals surface area contributed by atoms with Gasteiger partial charge in [0, 0.05) is 5.02 Å². The quantitative estimate of drug-likeness (QED) is 0.803. The fraction of sp³-hybridized carbons (Fsp3) is 0.438. The molecule has 128 valence electrons. The van der Waals surface area contributed by atoms with Crippen molar-refractivity contribution < 1.29 is 14.4 Å². The van der Waals surface area contributed by atoms with Crippen LogP contribution in [0.3, 0.4) is 0 Å². The second-order valence-electron chi connectivity index (χ2n) is 6.18. The van der Waals surface area contributed by atoms with Crippen LogP contribution in [-0.2, 0) is 9.59 Å². The lowest BCUT2D eigenvalue weighted by atomic mass is 9.97. The first-order valence-corrected chi connectivity index (χ1v) is 8.51. The van der Waals surface area contributed by atoms with Gasteiger partial charge in [-0.3, -0.25) is 9.59 Å². The van der Waals surface area contributed by atoms with Crippen molar-refractivity contribution in [2.45, 2.75) is 44.2 Å². The monoisotopic (exact) mass is 369 g/mol. The molecule has 8 heteroatoms. The van der Waals surface area contributed by atoms with Gasteiger partial charge in [0.25, 0.3) is 5.91 Å². The summed E-state index contributed by atoms with van der Waals surface area (Å²) >= 11 is 11.9. The molecule has 1 aromatic rings. The summed E-state index contributed by atoms with van der Waals surface area (Å²) in [7, 11) is 0. The molecule has 0 radical (unpaired) electrons. The number of imide groups is 1. The Kier molecular flexibility index (Phi) is 4.44. The van der Waals surface area contributed by atoms with Gasteiger partial charge in [-0.05, 0) is 38.0 Å². The Morgan fingerprint density at radius 2 is 1.96 bits per heavy atom. The molecule has 6 nitrogen and oxygen atoms in total. The molecule has 1 aliphatic heterocycles. The van der Waals surface area contributed by atoms with Crippen LogP contribution in [-0.4, -0.2) is 34.3 Å². The number of hydrogen-bond donors (Lipinski definition) is 2. The first kappa shape index (κ1) is 17.0. The second kappa shape index (κ2) is 6.26. The van der Waals surface area contributed by atoms with Crippen molar-refractivity contribution in [3.63, 3.8) is 0 Å². The molecule has 24 heavy (non-hydrogen) atoms. The zero-order chi connectivity index (χ0) is 17.5. The Morgan fingerprint density at radius 1 is 1.29 bits per heavy atom. The van der Waals surface area contributed by atoms with E-state index in [-0.39, 0.29) is 10.9 Å². The van der Waals surface area contributed by atoms with E-state index in [1.807, 2.05) is 0 Å². The molecule has 2 N–H and O–H groups in total. The van der Waals surface area contributed by atoms with Crippen LogP contribution in [0.1, 0.15) is 32.6 Å². The van der Waals surface area contributed by atoms with Crippen LogP contribution in [0.4, 0.5) is 10.5 Å². The summed E-state index contributed by atoms with van der Waals surface area (Å²) in [4.78, 5) is 38.4. The number of nitrogens with one attached hydrogen (secondary N) is 2. The van der Waals surface area contributed by atoms with Crippen molar-refractivity contribution in [3.05, 3.63) is 28.2 Å². The molecule has 0 aromatic heterocycles. The average Bonchev–Trinajstić information content (AvgIpc) is 3.08. The number of nitrogens with zero attached hydrogens (tertiary/aromatic N) is 1. The van der Waals surface area contributed by atoms with Gasteiger partial charge in [-0.15, -0.1) is 0 Å². The highest BCUT2D eigenvalue weighted by Gasteiger charge is 2.54. The first-order valence-electron chi connectivity index (χ1n) is 7.76. The first-order chi connectivity index (χ1) is 11.3. The number of urea groups is 1. The molecule has 1 saturated heterocycles. The lowest BCUT2D eigenvalue weighted by molar-refractivity contribution is -0.136. The van der Waals surface area contributed by atoms with Gasteiger partial charge in [-0.25, -0.2) is 9.69 Å². The smallest absolute Gasteiger partial charge is 0.323 e. The molecule has 1 heterocycles. The van der Waals surface area contributed by atoms with E-state index >= 15 is 0 Å². The third-order valence-electron chi connectivity index (χ3n) is 4.61. The molecule has 2 fully saturated rings. The summed E-state index contributed by atoms with van der Waals surface area (Å²) in [6.07, 6.45) is 3.01. The highest BCUT2D eigenvalue weighted by molar-refractivity contribution is 6.36. The Hall–Kier alpha value is -1.79. The molecular weight excluding hydrogens is 353 g/mol. The van der Waals surface area contributed by atoms with Crippen molar-refractivity contribution in [1.29, 1.82) is 0 Å². The van der Waals surface area contributed by atoms with E-state index in [0.29, 0.717) is 23.6 Å². The van der Waals surface area contributed by atoms with Crippen LogP contribution >= 0.6 is 23.2 Å². The van der Waals surface area contributed by atoms with Crippen molar-refractivity contribution in [2.24, 2.45) is 0 Å². The second-order valence-corrected chi connectivity index (χ2v) is 7.03. The van der Waals surface area contributed by atoms with Gasteiger partial charge in [0.1, 0.15) is 11.6 Å². The van der Waals surface area contributed by atoms with E-state index in [0.717, 1.165) is 17.7 Å². The maximum Gasteiger partial charge on any atom is 0.325 e. The summed E-state index contributed by atoms with van der Waals surface area (Å²) in [5, 5.41) is 6.12. The minimum absolute atomic E-state index is 0.285. The molecule has 4 amide bonds. The van der Waals surface area contributed by atoms with Gasteiger partial charge >= 0.3 is 6.03 Å². The number of rotatable bonds is 3. The highest BCUT2D eigenvalue weighted by atomic mass is 35.5. The normalized spacial score (nSPS) is 20.4. The van der Waals surface area contributed by atoms with Crippen molar-refractivity contribution in [1.82, 2.24) is 10.2 Å². The van der Waals surface area contributed by atoms with E-state index in [1.165, 1.54) is 13.0 Å². The lowest BCUT2D eigenvalue weighted by Crippen LogP contribution is -2.48. The molecule has 0 unspecified atom stereocenters. The fourth-order valence-electron chi connectivity index (χ4n) is 3.26. The van der Waals surface area contributed by atoms with Gasteiger partial charge in [-0.2, -0.15) is 0 Å². The zero-order valence-corrected chi connectivity index (χ0v) is 14.6. The number of hydrogen-bond acceptors (Lipinski definition) is 3. The Morgan fingerprint density at radius 3 is 2.58 bits per heavy atom. The topological polar surface area (TPSA) is 78.5 Å². The lowest BCUT2D eigenvalue weighted by Gasteiger charge is -2.23. The van der Waals surface area contributed by atoms with Gasteiger partial charge in [0.15, 0.2) is 0 Å². The van der Waals surface area contributed by atoms with Crippen LogP contribution < -0.4 is 10.6 Å². The summed E-state index contributed by atoms with van der Waals surface area (Å²) in [6.45, 7) is 1.52. The number of halogens is 2. The summed E-state index contributed by atoms with van der Waals surface area (Å²) in [6, 6.07) is 3.20.